The molecule has 2 atom stereocenters. The summed E-state index contributed by atoms with van der Waals surface area (Å²) in [5.41, 5.74) is 4.99. The van der Waals surface area contributed by atoms with Gasteiger partial charge in [0.1, 0.15) is 12.4 Å². The summed E-state index contributed by atoms with van der Waals surface area (Å²) in [5.74, 6) is -0.240. The van der Waals surface area contributed by atoms with Gasteiger partial charge in [-0.3, -0.25) is 19.9 Å². The molecule has 14 heteroatoms. The molecule has 6 rings (SSSR count). The van der Waals surface area contributed by atoms with Gasteiger partial charge in [-0.2, -0.15) is 4.68 Å². The standard InChI is InChI=1S/C33H34ClN9O4/c1-47-33(46)37-25-9-10-26-22-15-23(19-35-18-22)27(5-2-3-6-28(38-29(26)17-25)32(45)42-13-4-14-42)39-31(44)12-7-21-16-24(34)8-11-30(21)43-20-36-40-41-43/h7-12,15-20,27-28,38H,2-6,13-14H2,1H3,(H,37,46)(H,39,44)/b12-7+/t27-,28+/m0/s1. The monoisotopic (exact) mass is 655 g/mol. The van der Waals surface area contributed by atoms with Crippen molar-refractivity contribution in [3.05, 3.63) is 83.4 Å². The second kappa shape index (κ2) is 14.4. The summed E-state index contributed by atoms with van der Waals surface area (Å²) in [4.78, 5) is 45.2. The van der Waals surface area contributed by atoms with Gasteiger partial charge in [0.05, 0.1) is 18.8 Å². The van der Waals surface area contributed by atoms with E-state index in [2.05, 4.69) is 36.5 Å². The van der Waals surface area contributed by atoms with Crippen LogP contribution in [0.5, 0.6) is 0 Å². The van der Waals surface area contributed by atoms with Crippen molar-refractivity contribution in [2.75, 3.05) is 30.8 Å². The number of likely N-dealkylation sites (tertiary alicyclic amines) is 1. The number of pyridine rings is 1. The summed E-state index contributed by atoms with van der Waals surface area (Å²) in [7, 11) is 1.30. The molecule has 2 aromatic heterocycles. The molecule has 4 heterocycles. The molecule has 0 spiro atoms. The molecule has 2 aliphatic rings. The third-order valence-electron chi connectivity index (χ3n) is 8.27. The van der Waals surface area contributed by atoms with Crippen molar-refractivity contribution < 1.29 is 19.1 Å². The molecule has 3 amide bonds. The SMILES string of the molecule is COC(=O)Nc1ccc2c(c1)N[C@@H](C(=O)N1CCC1)CCCC[C@H](NC(=O)/C=C/c1cc(Cl)ccc1-n1cnnn1)c1cncc-2c1. The van der Waals surface area contributed by atoms with Gasteiger partial charge in [-0.25, -0.2) is 4.79 Å². The fraction of sp³-hybridized carbons (Fsp3) is 0.303. The van der Waals surface area contributed by atoms with Crippen LogP contribution in [0, 0.1) is 0 Å². The number of rotatable bonds is 6. The van der Waals surface area contributed by atoms with E-state index < -0.39 is 12.1 Å². The Balaban J connectivity index is 1.29. The summed E-state index contributed by atoms with van der Waals surface area (Å²) in [6, 6.07) is 11.9. The Hall–Kier alpha value is -5.30. The van der Waals surface area contributed by atoms with Crippen molar-refractivity contribution in [3.63, 3.8) is 0 Å². The summed E-state index contributed by atoms with van der Waals surface area (Å²) in [6.45, 7) is 1.49. The smallest absolute Gasteiger partial charge is 0.411 e. The number of nitrogens with zero attached hydrogens (tertiary/aromatic N) is 6. The van der Waals surface area contributed by atoms with Crippen molar-refractivity contribution in [2.45, 2.75) is 44.2 Å². The first-order chi connectivity index (χ1) is 22.9. The lowest BCUT2D eigenvalue weighted by Gasteiger charge is -2.35. The zero-order valence-electron chi connectivity index (χ0n) is 25.7. The van der Waals surface area contributed by atoms with E-state index in [0.717, 1.165) is 49.0 Å². The minimum atomic E-state index is -0.593. The Morgan fingerprint density at radius 2 is 1.89 bits per heavy atom. The maximum atomic E-state index is 13.5. The molecular formula is C33H34ClN9O4. The van der Waals surface area contributed by atoms with Gasteiger partial charge in [-0.1, -0.05) is 30.5 Å². The summed E-state index contributed by atoms with van der Waals surface area (Å²) >= 11 is 6.25. The van der Waals surface area contributed by atoms with Crippen LogP contribution in [0.3, 0.4) is 0 Å². The van der Waals surface area contributed by atoms with Gasteiger partial charge in [0.2, 0.25) is 11.8 Å². The van der Waals surface area contributed by atoms with Crippen LogP contribution in [-0.2, 0) is 14.3 Å². The van der Waals surface area contributed by atoms with Crippen molar-refractivity contribution in [2.24, 2.45) is 0 Å². The highest BCUT2D eigenvalue weighted by molar-refractivity contribution is 6.30. The molecular weight excluding hydrogens is 622 g/mol. The lowest BCUT2D eigenvalue weighted by molar-refractivity contribution is -0.135. The third-order valence-corrected chi connectivity index (χ3v) is 8.51. The third kappa shape index (κ3) is 7.58. The molecule has 1 fully saturated rings. The molecule has 2 aromatic carbocycles. The average molecular weight is 656 g/mol. The highest BCUT2D eigenvalue weighted by Gasteiger charge is 2.29. The number of ether oxygens (including phenoxy) is 1. The van der Waals surface area contributed by atoms with Crippen LogP contribution >= 0.6 is 11.6 Å². The van der Waals surface area contributed by atoms with Crippen LogP contribution in [0.15, 0.2) is 67.3 Å². The van der Waals surface area contributed by atoms with Gasteiger partial charge in [-0.05, 0) is 77.7 Å². The van der Waals surface area contributed by atoms with Gasteiger partial charge in [-0.15, -0.1) is 5.10 Å². The number of tetrazole rings is 1. The number of methoxy groups -OCH3 is 1. The molecule has 0 aliphatic carbocycles. The van der Waals surface area contributed by atoms with Crippen LogP contribution in [0.25, 0.3) is 22.9 Å². The number of aromatic nitrogens is 5. The maximum absolute atomic E-state index is 13.5. The largest absolute Gasteiger partial charge is 0.453 e. The molecule has 13 nitrogen and oxygen atoms in total. The van der Waals surface area contributed by atoms with Gasteiger partial charge < -0.3 is 20.3 Å². The second-order valence-corrected chi connectivity index (χ2v) is 11.8. The molecule has 2 aliphatic heterocycles. The zero-order chi connectivity index (χ0) is 32.8. The molecule has 0 radical (unpaired) electrons. The summed E-state index contributed by atoms with van der Waals surface area (Å²) in [6.07, 6.45) is 11.3. The molecule has 0 unspecified atom stereocenters. The lowest BCUT2D eigenvalue weighted by atomic mass is 9.95. The normalized spacial score (nSPS) is 17.7. The van der Waals surface area contributed by atoms with Crippen LogP contribution in [0.2, 0.25) is 5.02 Å². The van der Waals surface area contributed by atoms with E-state index in [0.29, 0.717) is 40.5 Å². The number of amides is 3. The van der Waals surface area contributed by atoms with E-state index in [-0.39, 0.29) is 17.9 Å². The van der Waals surface area contributed by atoms with Gasteiger partial charge in [0.25, 0.3) is 0 Å². The zero-order valence-corrected chi connectivity index (χ0v) is 26.5. The van der Waals surface area contributed by atoms with Crippen LogP contribution in [0.4, 0.5) is 16.2 Å². The van der Waals surface area contributed by atoms with E-state index in [1.165, 1.54) is 24.2 Å². The number of anilines is 2. The number of nitrogens with one attached hydrogen (secondary N) is 3. The fourth-order valence-corrected chi connectivity index (χ4v) is 5.88. The minimum Gasteiger partial charge on any atom is -0.453 e. The Labute approximate surface area is 276 Å². The molecule has 1 saturated heterocycles. The number of halogens is 1. The number of carbonyl (C=O) groups is 3. The quantitative estimate of drug-likeness (QED) is 0.243. The van der Waals surface area contributed by atoms with Crippen LogP contribution in [-0.4, -0.2) is 74.2 Å². The minimum absolute atomic E-state index is 0.0505. The Bertz CT molecular complexity index is 1790. The van der Waals surface area contributed by atoms with Crippen LogP contribution in [0.1, 0.15) is 49.3 Å². The Morgan fingerprint density at radius 1 is 1.04 bits per heavy atom. The summed E-state index contributed by atoms with van der Waals surface area (Å²) < 4.78 is 6.28. The van der Waals surface area contributed by atoms with Crippen molar-refractivity contribution in [1.29, 1.82) is 0 Å². The molecule has 4 aromatic rings. The molecule has 2 bridgehead atoms. The first kappa shape index (κ1) is 31.7. The van der Waals surface area contributed by atoms with E-state index in [1.807, 2.05) is 17.0 Å². The highest BCUT2D eigenvalue weighted by atomic mass is 35.5. The van der Waals surface area contributed by atoms with Crippen molar-refractivity contribution in [1.82, 2.24) is 35.4 Å². The predicted octanol–water partition coefficient (Wildman–Crippen LogP) is 5.01. The van der Waals surface area contributed by atoms with Crippen LogP contribution < -0.4 is 16.0 Å². The molecule has 3 N–H and O–H groups in total. The van der Waals surface area contributed by atoms with E-state index in [4.69, 9.17) is 16.3 Å². The number of fused-ring (bicyclic) bond motifs is 4. The molecule has 47 heavy (non-hydrogen) atoms. The van der Waals surface area contributed by atoms with Crippen molar-refractivity contribution in [3.8, 4) is 16.8 Å². The van der Waals surface area contributed by atoms with E-state index in [9.17, 15) is 14.4 Å². The molecule has 242 valence electrons. The fourth-order valence-electron chi connectivity index (χ4n) is 5.70. The highest BCUT2D eigenvalue weighted by Crippen LogP contribution is 2.34. The number of carbonyl (C=O) groups excluding carboxylic acids is 3. The maximum Gasteiger partial charge on any atom is 0.411 e. The van der Waals surface area contributed by atoms with E-state index >= 15 is 0 Å². The predicted molar refractivity (Wildman–Crippen MR) is 177 cm³/mol. The number of hydrogen-bond acceptors (Lipinski definition) is 9. The first-order valence-corrected chi connectivity index (χ1v) is 15.8. The number of benzene rings is 2. The van der Waals surface area contributed by atoms with Gasteiger partial charge in [0.15, 0.2) is 0 Å². The lowest BCUT2D eigenvalue weighted by Crippen LogP contribution is -2.49. The van der Waals surface area contributed by atoms with Crippen molar-refractivity contribution >= 4 is 47.0 Å². The first-order valence-electron chi connectivity index (χ1n) is 15.4. The molecule has 0 saturated carbocycles. The number of hydrogen-bond donors (Lipinski definition) is 3. The van der Waals surface area contributed by atoms with Gasteiger partial charge in [0, 0.05) is 64.6 Å². The Morgan fingerprint density at radius 3 is 2.66 bits per heavy atom. The Kier molecular flexibility index (Phi) is 9.72. The van der Waals surface area contributed by atoms with E-state index in [1.54, 1.807) is 48.8 Å². The average Bonchev–Trinajstić information content (AvgIpc) is 3.58. The topological polar surface area (TPSA) is 156 Å². The van der Waals surface area contributed by atoms with Gasteiger partial charge >= 0.3 is 6.09 Å². The second-order valence-electron chi connectivity index (χ2n) is 11.4. The summed E-state index contributed by atoms with van der Waals surface area (Å²) in [5, 5.41) is 21.2.